The third-order valence-electron chi connectivity index (χ3n) is 2.41. The summed E-state index contributed by atoms with van der Waals surface area (Å²) < 4.78 is 10.2. The van der Waals surface area contributed by atoms with Crippen LogP contribution in [0, 0.1) is 5.92 Å². The molecule has 6 heteroatoms. The summed E-state index contributed by atoms with van der Waals surface area (Å²) in [6.45, 7) is 1.74. The highest BCUT2D eigenvalue weighted by Gasteiger charge is 2.16. The Morgan fingerprint density at radius 1 is 1.33 bits per heavy atom. The van der Waals surface area contributed by atoms with Gasteiger partial charge in [0.1, 0.15) is 11.5 Å². The van der Waals surface area contributed by atoms with Crippen LogP contribution in [-0.2, 0) is 4.79 Å². The third-order valence-corrected chi connectivity index (χ3v) is 3.17. The number of hydrogen-bond acceptors (Lipinski definition) is 3. The second kappa shape index (κ2) is 6.71. The lowest BCUT2D eigenvalue weighted by Crippen LogP contribution is -2.21. The fourth-order valence-electron chi connectivity index (χ4n) is 1.28. The molecule has 0 saturated carbocycles. The number of carbonyl (C=O) groups is 1. The lowest BCUT2D eigenvalue weighted by Gasteiger charge is -2.14. The number of alkyl halides is 1. The Balaban J connectivity index is 3.03. The lowest BCUT2D eigenvalue weighted by atomic mass is 10.2. The Hall–Kier alpha value is -1.13. The Kier molecular flexibility index (Phi) is 5.56. The van der Waals surface area contributed by atoms with Crippen LogP contribution in [-0.4, -0.2) is 26.0 Å². The minimum atomic E-state index is -0.293. The van der Waals surface area contributed by atoms with Gasteiger partial charge in [0.2, 0.25) is 5.91 Å². The Morgan fingerprint density at radius 2 is 1.94 bits per heavy atom. The van der Waals surface area contributed by atoms with Crippen molar-refractivity contribution in [2.45, 2.75) is 6.92 Å². The van der Waals surface area contributed by atoms with Crippen LogP contribution >= 0.6 is 23.2 Å². The first-order valence-corrected chi connectivity index (χ1v) is 6.23. The van der Waals surface area contributed by atoms with E-state index in [1.807, 2.05) is 0 Å². The molecule has 1 aromatic carbocycles. The van der Waals surface area contributed by atoms with E-state index in [9.17, 15) is 4.79 Å². The van der Waals surface area contributed by atoms with Gasteiger partial charge in [-0.2, -0.15) is 0 Å². The number of methoxy groups -OCH3 is 2. The van der Waals surface area contributed by atoms with Crippen LogP contribution in [0.15, 0.2) is 12.1 Å². The van der Waals surface area contributed by atoms with E-state index < -0.39 is 0 Å². The quantitative estimate of drug-likeness (QED) is 0.848. The topological polar surface area (TPSA) is 47.6 Å². The van der Waals surface area contributed by atoms with Crippen LogP contribution in [0.25, 0.3) is 0 Å². The largest absolute Gasteiger partial charge is 0.495 e. The highest BCUT2D eigenvalue weighted by Crippen LogP contribution is 2.36. The molecule has 0 heterocycles. The van der Waals surface area contributed by atoms with E-state index in [0.29, 0.717) is 22.2 Å². The molecule has 0 spiro atoms. The van der Waals surface area contributed by atoms with Gasteiger partial charge in [0, 0.05) is 23.9 Å². The number of amides is 1. The van der Waals surface area contributed by atoms with E-state index in [-0.39, 0.29) is 17.7 Å². The predicted octanol–water partition coefficient (Wildman–Crippen LogP) is 3.17. The molecule has 4 nitrogen and oxygen atoms in total. The summed E-state index contributed by atoms with van der Waals surface area (Å²) in [5, 5.41) is 3.14. The number of carbonyl (C=O) groups excluding carboxylic acids is 1. The first-order valence-electron chi connectivity index (χ1n) is 5.31. The maximum Gasteiger partial charge on any atom is 0.228 e. The monoisotopic (exact) mass is 291 g/mol. The lowest BCUT2D eigenvalue weighted by molar-refractivity contribution is -0.118. The van der Waals surface area contributed by atoms with E-state index in [1.165, 1.54) is 14.2 Å². The van der Waals surface area contributed by atoms with Gasteiger partial charge in [0.25, 0.3) is 0 Å². The average Bonchev–Trinajstić information content (AvgIpc) is 2.38. The van der Waals surface area contributed by atoms with Crippen LogP contribution in [0.4, 0.5) is 5.69 Å². The highest BCUT2D eigenvalue weighted by atomic mass is 35.5. The number of ether oxygens (including phenoxy) is 2. The molecule has 100 valence electrons. The van der Waals surface area contributed by atoms with Gasteiger partial charge < -0.3 is 14.8 Å². The van der Waals surface area contributed by atoms with Crippen molar-refractivity contribution >= 4 is 34.8 Å². The van der Waals surface area contributed by atoms with Crippen LogP contribution in [0.3, 0.4) is 0 Å². The van der Waals surface area contributed by atoms with Crippen LogP contribution < -0.4 is 14.8 Å². The fraction of sp³-hybridized carbons (Fsp3) is 0.417. The van der Waals surface area contributed by atoms with E-state index in [1.54, 1.807) is 19.1 Å². The smallest absolute Gasteiger partial charge is 0.228 e. The molecule has 1 amide bonds. The first kappa shape index (κ1) is 14.9. The molecule has 0 aromatic heterocycles. The van der Waals surface area contributed by atoms with Gasteiger partial charge in [0.05, 0.1) is 24.9 Å². The summed E-state index contributed by atoms with van der Waals surface area (Å²) in [6, 6.07) is 3.20. The maximum absolute atomic E-state index is 11.8. The summed E-state index contributed by atoms with van der Waals surface area (Å²) in [5.41, 5.74) is 0.501. The zero-order valence-electron chi connectivity index (χ0n) is 10.4. The van der Waals surface area contributed by atoms with Crippen molar-refractivity contribution in [1.82, 2.24) is 0 Å². The van der Waals surface area contributed by atoms with Gasteiger partial charge >= 0.3 is 0 Å². The number of benzene rings is 1. The minimum absolute atomic E-state index is 0.187. The summed E-state index contributed by atoms with van der Waals surface area (Å²) >= 11 is 11.6. The first-order chi connectivity index (χ1) is 8.53. The molecule has 0 aliphatic rings. The Bertz CT molecular complexity index is 438. The molecule has 0 fully saturated rings. The molecule has 18 heavy (non-hydrogen) atoms. The zero-order valence-corrected chi connectivity index (χ0v) is 11.9. The molecular weight excluding hydrogens is 277 g/mol. The molecule has 1 atom stereocenters. The summed E-state index contributed by atoms with van der Waals surface area (Å²) in [4.78, 5) is 11.8. The third kappa shape index (κ3) is 3.43. The average molecular weight is 292 g/mol. The van der Waals surface area contributed by atoms with Crippen molar-refractivity contribution in [3.63, 3.8) is 0 Å². The molecule has 1 N–H and O–H groups in total. The van der Waals surface area contributed by atoms with Gasteiger partial charge in [-0.05, 0) is 0 Å². The molecule has 0 aliphatic heterocycles. The molecule has 0 radical (unpaired) electrons. The van der Waals surface area contributed by atoms with Gasteiger partial charge in [0.15, 0.2) is 0 Å². The van der Waals surface area contributed by atoms with E-state index in [0.717, 1.165) is 0 Å². The van der Waals surface area contributed by atoms with Crippen molar-refractivity contribution in [2.75, 3.05) is 25.4 Å². The highest BCUT2D eigenvalue weighted by molar-refractivity contribution is 6.32. The fourth-order valence-corrected chi connectivity index (χ4v) is 1.66. The number of hydrogen-bond donors (Lipinski definition) is 1. The second-order valence-corrected chi connectivity index (χ2v) is 4.45. The van der Waals surface area contributed by atoms with Crippen LogP contribution in [0.1, 0.15) is 6.92 Å². The maximum atomic E-state index is 11.8. The van der Waals surface area contributed by atoms with Gasteiger partial charge in [-0.15, -0.1) is 11.6 Å². The standard InChI is InChI=1S/C12H15Cl2NO3/c1-7(6-13)12(16)15-9-5-10(17-2)8(14)4-11(9)18-3/h4-5,7H,6H2,1-3H3,(H,15,16). The summed E-state index contributed by atoms with van der Waals surface area (Å²) in [6.07, 6.45) is 0. The molecule has 1 rings (SSSR count). The summed E-state index contributed by atoms with van der Waals surface area (Å²) in [5.74, 6) is 0.701. The molecule has 0 saturated heterocycles. The van der Waals surface area contributed by atoms with Crippen LogP contribution in [0.2, 0.25) is 5.02 Å². The number of halogens is 2. The van der Waals surface area contributed by atoms with Crippen molar-refractivity contribution < 1.29 is 14.3 Å². The predicted molar refractivity (Wildman–Crippen MR) is 73.1 cm³/mol. The normalized spacial score (nSPS) is 11.8. The molecule has 1 unspecified atom stereocenters. The number of rotatable bonds is 5. The van der Waals surface area contributed by atoms with E-state index in [4.69, 9.17) is 32.7 Å². The zero-order chi connectivity index (χ0) is 13.7. The van der Waals surface area contributed by atoms with Crippen LogP contribution in [0.5, 0.6) is 11.5 Å². The van der Waals surface area contributed by atoms with E-state index in [2.05, 4.69) is 5.32 Å². The van der Waals surface area contributed by atoms with Gasteiger partial charge in [-0.25, -0.2) is 0 Å². The second-order valence-electron chi connectivity index (χ2n) is 3.73. The van der Waals surface area contributed by atoms with Gasteiger partial charge in [-0.3, -0.25) is 4.79 Å². The SMILES string of the molecule is COc1cc(NC(=O)C(C)CCl)c(OC)cc1Cl. The van der Waals surface area contributed by atoms with Gasteiger partial charge in [-0.1, -0.05) is 18.5 Å². The van der Waals surface area contributed by atoms with Crippen molar-refractivity contribution in [2.24, 2.45) is 5.92 Å². The Labute approximate surface area is 116 Å². The number of nitrogens with one attached hydrogen (secondary N) is 1. The van der Waals surface area contributed by atoms with Crippen molar-refractivity contribution in [3.8, 4) is 11.5 Å². The van der Waals surface area contributed by atoms with Crippen molar-refractivity contribution in [3.05, 3.63) is 17.2 Å². The molecule has 0 aliphatic carbocycles. The molecule has 1 aromatic rings. The summed E-state index contributed by atoms with van der Waals surface area (Å²) in [7, 11) is 3.00. The molecular formula is C12H15Cl2NO3. The number of anilines is 1. The van der Waals surface area contributed by atoms with Crippen molar-refractivity contribution in [1.29, 1.82) is 0 Å². The Morgan fingerprint density at radius 3 is 2.44 bits per heavy atom. The molecule has 0 bridgehead atoms. The van der Waals surface area contributed by atoms with E-state index >= 15 is 0 Å². The minimum Gasteiger partial charge on any atom is -0.495 e.